The lowest BCUT2D eigenvalue weighted by Crippen LogP contribution is -1.91. The average Bonchev–Trinajstić information content (AvgIpc) is 3.07. The van der Waals surface area contributed by atoms with Crippen molar-refractivity contribution in [2.24, 2.45) is 0 Å². The summed E-state index contributed by atoms with van der Waals surface area (Å²) in [7, 11) is 0. The maximum Gasteiger partial charge on any atom is 0.0273 e. The third-order valence-corrected chi connectivity index (χ3v) is 8.62. The first-order chi connectivity index (χ1) is 21.2. The first-order valence-electron chi connectivity index (χ1n) is 14.8. The maximum absolute atomic E-state index is 4.14. The summed E-state index contributed by atoms with van der Waals surface area (Å²) in [6, 6.07) is 53.3. The Morgan fingerprint density at radius 1 is 0.349 bits per heavy atom. The van der Waals surface area contributed by atoms with Crippen LogP contribution < -0.4 is 0 Å². The molecule has 202 valence electrons. The highest BCUT2D eigenvalue weighted by Gasteiger charge is 2.17. The van der Waals surface area contributed by atoms with Crippen molar-refractivity contribution in [3.05, 3.63) is 164 Å². The fourth-order valence-corrected chi connectivity index (χ4v) is 6.50. The predicted molar refractivity (Wildman–Crippen MR) is 183 cm³/mol. The minimum Gasteiger partial charge on any atom is -0.265 e. The Labute approximate surface area is 251 Å². The van der Waals surface area contributed by atoms with Gasteiger partial charge in [-0.3, -0.25) is 4.98 Å². The molecule has 0 unspecified atom stereocenters. The van der Waals surface area contributed by atoms with E-state index in [0.29, 0.717) is 0 Å². The van der Waals surface area contributed by atoms with Crippen molar-refractivity contribution in [1.29, 1.82) is 0 Å². The molecule has 0 amide bonds. The molecule has 8 aromatic rings. The zero-order valence-corrected chi connectivity index (χ0v) is 24.0. The van der Waals surface area contributed by atoms with E-state index in [1.54, 1.807) is 0 Å². The molecule has 0 radical (unpaired) electrons. The summed E-state index contributed by atoms with van der Waals surface area (Å²) in [5.74, 6) is 0. The summed E-state index contributed by atoms with van der Waals surface area (Å²) in [5.41, 5.74) is 11.1. The van der Waals surface area contributed by atoms with E-state index in [4.69, 9.17) is 0 Å². The summed E-state index contributed by atoms with van der Waals surface area (Å²) in [5, 5.41) is 7.65. The molecule has 0 spiro atoms. The smallest absolute Gasteiger partial charge is 0.0273 e. The predicted octanol–water partition coefficient (Wildman–Crippen LogP) is 11.5. The van der Waals surface area contributed by atoms with E-state index in [1.807, 2.05) is 24.5 Å². The second kappa shape index (κ2) is 10.4. The third kappa shape index (κ3) is 4.47. The summed E-state index contributed by atoms with van der Waals surface area (Å²) < 4.78 is 0. The van der Waals surface area contributed by atoms with Crippen LogP contribution in [0, 0.1) is 6.92 Å². The molecule has 1 aromatic heterocycles. The SMILES string of the molecule is Cc1ccc2cc(-c3c4ccccc4c(-c4ccc(-c5ccc(-c6ccncc6)cc5)cc4)c4ccccc34)ccc2c1. The van der Waals surface area contributed by atoms with E-state index in [9.17, 15) is 0 Å². The summed E-state index contributed by atoms with van der Waals surface area (Å²) >= 11 is 0. The van der Waals surface area contributed by atoms with E-state index in [-0.39, 0.29) is 0 Å². The van der Waals surface area contributed by atoms with Crippen molar-refractivity contribution in [1.82, 2.24) is 4.98 Å². The molecule has 0 aliphatic rings. The molecule has 0 saturated carbocycles. The molecule has 1 nitrogen and oxygen atoms in total. The minimum atomic E-state index is 1.18. The standard InChI is InChI=1S/C42H29N/c1-28-10-11-35-27-36(21-20-34(35)26-28)42-39-8-4-2-6-37(39)41(38-7-3-5-9-40(38)42)33-18-16-30(17-19-33)29-12-14-31(15-13-29)32-22-24-43-25-23-32/h2-27H,1H3. The number of nitrogens with zero attached hydrogens (tertiary/aromatic N) is 1. The van der Waals surface area contributed by atoms with Crippen molar-refractivity contribution in [2.45, 2.75) is 6.92 Å². The number of hydrogen-bond donors (Lipinski definition) is 0. The van der Waals surface area contributed by atoms with Crippen molar-refractivity contribution >= 4 is 32.3 Å². The Hall–Kier alpha value is -5.53. The summed E-state index contributed by atoms with van der Waals surface area (Å²) in [6.07, 6.45) is 3.68. The average molecular weight is 548 g/mol. The van der Waals surface area contributed by atoms with E-state index >= 15 is 0 Å². The monoisotopic (exact) mass is 547 g/mol. The van der Waals surface area contributed by atoms with Crippen molar-refractivity contribution in [3.63, 3.8) is 0 Å². The fraction of sp³-hybridized carbons (Fsp3) is 0.0238. The Bertz CT molecular complexity index is 2200. The zero-order valence-electron chi connectivity index (χ0n) is 24.0. The minimum absolute atomic E-state index is 1.18. The van der Waals surface area contributed by atoms with E-state index < -0.39 is 0 Å². The van der Waals surface area contributed by atoms with Gasteiger partial charge in [-0.25, -0.2) is 0 Å². The van der Waals surface area contributed by atoms with Gasteiger partial charge in [0.05, 0.1) is 0 Å². The van der Waals surface area contributed by atoms with Gasteiger partial charge in [-0.15, -0.1) is 0 Å². The van der Waals surface area contributed by atoms with Crippen LogP contribution in [0.3, 0.4) is 0 Å². The molecule has 0 bridgehead atoms. The first kappa shape index (κ1) is 25.2. The van der Waals surface area contributed by atoms with Crippen molar-refractivity contribution in [3.8, 4) is 44.5 Å². The van der Waals surface area contributed by atoms with Gasteiger partial charge in [0, 0.05) is 12.4 Å². The van der Waals surface area contributed by atoms with Crippen LogP contribution in [-0.2, 0) is 0 Å². The third-order valence-electron chi connectivity index (χ3n) is 8.62. The highest BCUT2D eigenvalue weighted by atomic mass is 14.6. The number of fused-ring (bicyclic) bond motifs is 3. The number of aryl methyl sites for hydroxylation is 1. The second-order valence-electron chi connectivity index (χ2n) is 11.3. The Balaban J connectivity index is 1.26. The van der Waals surface area contributed by atoms with Crippen LogP contribution >= 0.6 is 0 Å². The van der Waals surface area contributed by atoms with Crippen molar-refractivity contribution in [2.75, 3.05) is 0 Å². The summed E-state index contributed by atoms with van der Waals surface area (Å²) in [4.78, 5) is 4.14. The molecule has 1 heteroatoms. The van der Waals surface area contributed by atoms with Gasteiger partial charge in [0.15, 0.2) is 0 Å². The number of hydrogen-bond acceptors (Lipinski definition) is 1. The lowest BCUT2D eigenvalue weighted by atomic mass is 9.85. The van der Waals surface area contributed by atoms with Gasteiger partial charge in [0.2, 0.25) is 0 Å². The molecule has 8 rings (SSSR count). The fourth-order valence-electron chi connectivity index (χ4n) is 6.50. The van der Waals surface area contributed by atoms with Crippen molar-refractivity contribution < 1.29 is 0 Å². The molecule has 0 aliphatic carbocycles. The number of benzene rings is 7. The van der Waals surface area contributed by atoms with Crippen LogP contribution in [0.4, 0.5) is 0 Å². The van der Waals surface area contributed by atoms with Gasteiger partial charge in [0.25, 0.3) is 0 Å². The molecule has 43 heavy (non-hydrogen) atoms. The lowest BCUT2D eigenvalue weighted by Gasteiger charge is -2.18. The molecule has 0 N–H and O–H groups in total. The van der Waals surface area contributed by atoms with Gasteiger partial charge < -0.3 is 0 Å². The highest BCUT2D eigenvalue weighted by Crippen LogP contribution is 2.44. The molecule has 7 aromatic carbocycles. The van der Waals surface area contributed by atoms with Crippen LogP contribution in [0.25, 0.3) is 76.8 Å². The zero-order chi connectivity index (χ0) is 28.8. The molecular weight excluding hydrogens is 518 g/mol. The van der Waals surface area contributed by atoms with E-state index in [2.05, 4.69) is 145 Å². The van der Waals surface area contributed by atoms with E-state index in [0.717, 1.165) is 0 Å². The molecule has 1 heterocycles. The van der Waals surface area contributed by atoms with Crippen LogP contribution in [0.2, 0.25) is 0 Å². The van der Waals surface area contributed by atoms with Gasteiger partial charge in [-0.1, -0.05) is 133 Å². The van der Waals surface area contributed by atoms with Crippen LogP contribution in [0.1, 0.15) is 5.56 Å². The molecule has 0 fully saturated rings. The molecule has 0 atom stereocenters. The number of aromatic nitrogens is 1. The Morgan fingerprint density at radius 3 is 1.28 bits per heavy atom. The van der Waals surface area contributed by atoms with E-state index in [1.165, 1.54) is 82.4 Å². The largest absolute Gasteiger partial charge is 0.265 e. The second-order valence-corrected chi connectivity index (χ2v) is 11.3. The Kier molecular flexibility index (Phi) is 6.09. The van der Waals surface area contributed by atoms with Gasteiger partial charge in [0.1, 0.15) is 0 Å². The number of rotatable bonds is 4. The topological polar surface area (TPSA) is 12.9 Å². The summed E-state index contributed by atoms with van der Waals surface area (Å²) in [6.45, 7) is 2.15. The van der Waals surface area contributed by atoms with Gasteiger partial charge in [-0.05, 0) is 102 Å². The lowest BCUT2D eigenvalue weighted by molar-refractivity contribution is 1.33. The maximum atomic E-state index is 4.14. The van der Waals surface area contributed by atoms with Gasteiger partial charge in [-0.2, -0.15) is 0 Å². The number of pyridine rings is 1. The molecule has 0 saturated heterocycles. The first-order valence-corrected chi connectivity index (χ1v) is 14.8. The van der Waals surface area contributed by atoms with Crippen LogP contribution in [0.15, 0.2) is 158 Å². The van der Waals surface area contributed by atoms with Crippen LogP contribution in [-0.4, -0.2) is 4.98 Å². The quantitative estimate of drug-likeness (QED) is 0.200. The molecular formula is C42H29N. The highest BCUT2D eigenvalue weighted by molar-refractivity contribution is 6.21. The normalized spacial score (nSPS) is 11.4. The van der Waals surface area contributed by atoms with Crippen LogP contribution in [0.5, 0.6) is 0 Å². The Morgan fingerprint density at radius 2 is 0.744 bits per heavy atom. The van der Waals surface area contributed by atoms with Gasteiger partial charge >= 0.3 is 0 Å². The molecule has 0 aliphatic heterocycles.